The van der Waals surface area contributed by atoms with Crippen molar-refractivity contribution in [1.29, 1.82) is 0 Å². The van der Waals surface area contributed by atoms with Crippen LogP contribution >= 0.6 is 0 Å². The molecule has 0 bridgehead atoms. The molecule has 0 saturated heterocycles. The van der Waals surface area contributed by atoms with Crippen molar-refractivity contribution in [3.8, 4) is 0 Å². The van der Waals surface area contributed by atoms with E-state index in [1.165, 1.54) is 12.1 Å². The molecule has 0 aromatic heterocycles. The predicted molar refractivity (Wildman–Crippen MR) is 108 cm³/mol. The van der Waals surface area contributed by atoms with Gasteiger partial charge in [0.1, 0.15) is 5.71 Å². The van der Waals surface area contributed by atoms with E-state index in [4.69, 9.17) is 0 Å². The summed E-state index contributed by atoms with van der Waals surface area (Å²) in [4.78, 5) is 35.8. The number of aryl methyl sites for hydroxylation is 1. The number of hydrogen-bond acceptors (Lipinski definition) is 4. The van der Waals surface area contributed by atoms with E-state index in [0.717, 1.165) is 5.56 Å². The van der Waals surface area contributed by atoms with Crippen molar-refractivity contribution in [2.45, 2.75) is 25.7 Å². The first-order valence-corrected chi connectivity index (χ1v) is 9.10. The van der Waals surface area contributed by atoms with Gasteiger partial charge < -0.3 is 10.6 Å². The smallest absolute Gasteiger partial charge is 0.271 e. The number of nitrogens with one attached hydrogen (secondary N) is 2. The zero-order chi connectivity index (χ0) is 19.9. The quantitative estimate of drug-likeness (QED) is 0.810. The Balaban J connectivity index is 1.50. The fraction of sp³-hybridized carbons (Fsp3) is 0.238. The Bertz CT molecular complexity index is 892. The van der Waals surface area contributed by atoms with Crippen molar-refractivity contribution >= 4 is 34.8 Å². The highest BCUT2D eigenvalue weighted by Gasteiger charge is 2.21. The Kier molecular flexibility index (Phi) is 6.16. The first-order chi connectivity index (χ1) is 13.5. The molecule has 0 aliphatic carbocycles. The van der Waals surface area contributed by atoms with E-state index in [9.17, 15) is 14.4 Å². The Morgan fingerprint density at radius 3 is 2.25 bits per heavy atom. The van der Waals surface area contributed by atoms with Gasteiger partial charge in [-0.15, -0.1) is 0 Å². The minimum absolute atomic E-state index is 0.0649. The van der Waals surface area contributed by atoms with Crippen LogP contribution in [0.5, 0.6) is 0 Å². The summed E-state index contributed by atoms with van der Waals surface area (Å²) >= 11 is 0. The van der Waals surface area contributed by atoms with Crippen LogP contribution in [0.15, 0.2) is 59.7 Å². The number of hydrazone groups is 1. The standard InChI is InChI=1S/C21H22N4O3/c1-25-20(27)14-12-18(24-25)21(28)23-17-10-8-16(9-11-17)22-19(26)13-7-15-5-3-2-4-6-15/h2-6,8-11H,7,12-14H2,1H3,(H,22,26)(H,23,28). The van der Waals surface area contributed by atoms with Crippen LogP contribution in [0, 0.1) is 0 Å². The second kappa shape index (κ2) is 8.94. The van der Waals surface area contributed by atoms with E-state index in [1.807, 2.05) is 30.3 Å². The van der Waals surface area contributed by atoms with E-state index in [1.54, 1.807) is 24.3 Å². The van der Waals surface area contributed by atoms with Gasteiger partial charge in [0, 0.05) is 37.7 Å². The average molecular weight is 378 g/mol. The maximum atomic E-state index is 12.3. The molecule has 1 heterocycles. The minimum Gasteiger partial charge on any atom is -0.326 e. The highest BCUT2D eigenvalue weighted by atomic mass is 16.2. The summed E-state index contributed by atoms with van der Waals surface area (Å²) < 4.78 is 0. The van der Waals surface area contributed by atoms with Gasteiger partial charge in [0.2, 0.25) is 11.8 Å². The van der Waals surface area contributed by atoms with Crippen LogP contribution in [-0.2, 0) is 20.8 Å². The summed E-state index contributed by atoms with van der Waals surface area (Å²) in [5.74, 6) is -0.507. The third-order valence-corrected chi connectivity index (χ3v) is 4.38. The van der Waals surface area contributed by atoms with E-state index in [0.29, 0.717) is 36.3 Å². The van der Waals surface area contributed by atoms with Crippen LogP contribution in [-0.4, -0.2) is 35.5 Å². The molecule has 2 aromatic carbocycles. The predicted octanol–water partition coefficient (Wildman–Crippen LogP) is 2.80. The second-order valence-corrected chi connectivity index (χ2v) is 6.53. The number of anilines is 2. The van der Waals surface area contributed by atoms with Crippen molar-refractivity contribution in [3.63, 3.8) is 0 Å². The van der Waals surface area contributed by atoms with Gasteiger partial charge >= 0.3 is 0 Å². The largest absolute Gasteiger partial charge is 0.326 e. The number of carbonyl (C=O) groups is 3. The van der Waals surface area contributed by atoms with Crippen molar-refractivity contribution in [2.24, 2.45) is 5.10 Å². The molecule has 0 spiro atoms. The van der Waals surface area contributed by atoms with Crippen molar-refractivity contribution in [2.75, 3.05) is 17.7 Å². The van der Waals surface area contributed by atoms with Gasteiger partial charge in [0.05, 0.1) is 0 Å². The fourth-order valence-electron chi connectivity index (χ4n) is 2.80. The lowest BCUT2D eigenvalue weighted by atomic mass is 10.1. The van der Waals surface area contributed by atoms with Gasteiger partial charge in [-0.2, -0.15) is 5.10 Å². The molecule has 0 radical (unpaired) electrons. The number of amides is 3. The first kappa shape index (κ1) is 19.3. The molecule has 2 aromatic rings. The van der Waals surface area contributed by atoms with Crippen molar-refractivity contribution in [1.82, 2.24) is 5.01 Å². The van der Waals surface area contributed by atoms with E-state index in [2.05, 4.69) is 15.7 Å². The normalized spacial score (nSPS) is 13.7. The maximum absolute atomic E-state index is 12.3. The highest BCUT2D eigenvalue weighted by Crippen LogP contribution is 2.15. The number of carbonyl (C=O) groups excluding carboxylic acids is 3. The Morgan fingerprint density at radius 2 is 1.61 bits per heavy atom. The molecular formula is C21H22N4O3. The molecule has 7 heteroatoms. The molecular weight excluding hydrogens is 356 g/mol. The van der Waals surface area contributed by atoms with Gasteiger partial charge in [0.25, 0.3) is 5.91 Å². The number of benzene rings is 2. The summed E-state index contributed by atoms with van der Waals surface area (Å²) in [6.07, 6.45) is 1.68. The SMILES string of the molecule is CN1N=C(C(=O)Nc2ccc(NC(=O)CCc3ccccc3)cc2)CCC1=O. The first-order valence-electron chi connectivity index (χ1n) is 9.10. The summed E-state index contributed by atoms with van der Waals surface area (Å²) in [6, 6.07) is 16.7. The lowest BCUT2D eigenvalue weighted by molar-refractivity contribution is -0.130. The monoisotopic (exact) mass is 378 g/mol. The molecule has 7 nitrogen and oxygen atoms in total. The Hall–Kier alpha value is -3.48. The van der Waals surface area contributed by atoms with Gasteiger partial charge in [-0.1, -0.05) is 30.3 Å². The average Bonchev–Trinajstić information content (AvgIpc) is 2.71. The summed E-state index contributed by atoms with van der Waals surface area (Å²) in [5.41, 5.74) is 2.69. The Morgan fingerprint density at radius 1 is 0.964 bits per heavy atom. The van der Waals surface area contributed by atoms with Crippen molar-refractivity contribution < 1.29 is 14.4 Å². The molecule has 2 N–H and O–H groups in total. The zero-order valence-electron chi connectivity index (χ0n) is 15.6. The highest BCUT2D eigenvalue weighted by molar-refractivity contribution is 6.43. The number of nitrogens with zero attached hydrogens (tertiary/aromatic N) is 2. The van der Waals surface area contributed by atoms with Crippen LogP contribution in [0.2, 0.25) is 0 Å². The molecule has 1 aliphatic rings. The molecule has 3 rings (SSSR count). The molecule has 0 saturated carbocycles. The van der Waals surface area contributed by atoms with Crippen LogP contribution < -0.4 is 10.6 Å². The number of hydrogen-bond donors (Lipinski definition) is 2. The molecule has 1 aliphatic heterocycles. The molecule has 3 amide bonds. The van der Waals surface area contributed by atoms with Crippen molar-refractivity contribution in [3.05, 3.63) is 60.2 Å². The van der Waals surface area contributed by atoms with Crippen LogP contribution in [0.25, 0.3) is 0 Å². The van der Waals surface area contributed by atoms with Crippen LogP contribution in [0.1, 0.15) is 24.8 Å². The molecule has 28 heavy (non-hydrogen) atoms. The molecule has 0 atom stereocenters. The van der Waals surface area contributed by atoms with E-state index < -0.39 is 0 Å². The minimum atomic E-state index is -0.334. The van der Waals surface area contributed by atoms with Gasteiger partial charge in [-0.05, 0) is 36.2 Å². The number of rotatable bonds is 6. The van der Waals surface area contributed by atoms with Gasteiger partial charge in [0.15, 0.2) is 0 Å². The molecule has 0 fully saturated rings. The van der Waals surface area contributed by atoms with Gasteiger partial charge in [-0.25, -0.2) is 5.01 Å². The van der Waals surface area contributed by atoms with E-state index >= 15 is 0 Å². The summed E-state index contributed by atoms with van der Waals surface area (Å²) in [7, 11) is 1.53. The maximum Gasteiger partial charge on any atom is 0.271 e. The molecule has 144 valence electrons. The third-order valence-electron chi connectivity index (χ3n) is 4.38. The van der Waals surface area contributed by atoms with E-state index in [-0.39, 0.29) is 24.1 Å². The Labute approximate surface area is 163 Å². The van der Waals surface area contributed by atoms with Gasteiger partial charge in [-0.3, -0.25) is 14.4 Å². The molecule has 0 unspecified atom stereocenters. The zero-order valence-corrected chi connectivity index (χ0v) is 15.6. The lowest BCUT2D eigenvalue weighted by Crippen LogP contribution is -2.34. The summed E-state index contributed by atoms with van der Waals surface area (Å²) in [5, 5.41) is 10.8. The lowest BCUT2D eigenvalue weighted by Gasteiger charge is -2.18. The summed E-state index contributed by atoms with van der Waals surface area (Å²) in [6.45, 7) is 0. The topological polar surface area (TPSA) is 90.9 Å². The van der Waals surface area contributed by atoms with Crippen LogP contribution in [0.4, 0.5) is 11.4 Å². The second-order valence-electron chi connectivity index (χ2n) is 6.53. The third kappa shape index (κ3) is 5.26. The van der Waals surface area contributed by atoms with Crippen LogP contribution in [0.3, 0.4) is 0 Å². The fourth-order valence-corrected chi connectivity index (χ4v) is 2.80.